The molecule has 0 bridgehead atoms. The van der Waals surface area contributed by atoms with Crippen LogP contribution in [0.5, 0.6) is 0 Å². The summed E-state index contributed by atoms with van der Waals surface area (Å²) in [4.78, 5) is 18.3. The summed E-state index contributed by atoms with van der Waals surface area (Å²) in [7, 11) is 0. The number of aryl methyl sites for hydroxylation is 2. The number of nitrogens with zero attached hydrogens (tertiary/aromatic N) is 5. The van der Waals surface area contributed by atoms with Gasteiger partial charge in [0.25, 0.3) is 0 Å². The van der Waals surface area contributed by atoms with E-state index in [1.807, 2.05) is 19.2 Å². The second kappa shape index (κ2) is 6.67. The van der Waals surface area contributed by atoms with Gasteiger partial charge < -0.3 is 9.80 Å². The lowest BCUT2D eigenvalue weighted by Gasteiger charge is -2.37. The lowest BCUT2D eigenvalue weighted by molar-refractivity contribution is 0.646. The van der Waals surface area contributed by atoms with E-state index >= 15 is 0 Å². The molecule has 5 nitrogen and oxygen atoms in total. The Hall–Kier alpha value is -2.69. The van der Waals surface area contributed by atoms with E-state index in [0.29, 0.717) is 0 Å². The second-order valence-electron chi connectivity index (χ2n) is 6.44. The Balaban J connectivity index is 1.59. The number of hydrogen-bond acceptors (Lipinski definition) is 5. The average Bonchev–Trinajstić information content (AvgIpc) is 2.67. The molecule has 5 heteroatoms. The van der Waals surface area contributed by atoms with Gasteiger partial charge in [0, 0.05) is 49.1 Å². The fraction of sp³-hybridized carbons (Fsp3) is 0.350. The first-order chi connectivity index (χ1) is 12.2. The van der Waals surface area contributed by atoms with E-state index in [-0.39, 0.29) is 0 Å². The van der Waals surface area contributed by atoms with Gasteiger partial charge in [-0.1, -0.05) is 25.1 Å². The van der Waals surface area contributed by atoms with E-state index in [9.17, 15) is 0 Å². The maximum atomic E-state index is 4.77. The smallest absolute Gasteiger partial charge is 0.132 e. The summed E-state index contributed by atoms with van der Waals surface area (Å²) in [6, 6.07) is 12.7. The summed E-state index contributed by atoms with van der Waals surface area (Å²) in [6.45, 7) is 8.01. The number of hydrogen-bond donors (Lipinski definition) is 0. The summed E-state index contributed by atoms with van der Waals surface area (Å²) < 4.78 is 0. The quantitative estimate of drug-likeness (QED) is 0.736. The highest BCUT2D eigenvalue weighted by molar-refractivity contribution is 5.92. The molecule has 4 rings (SSSR count). The maximum absolute atomic E-state index is 4.77. The van der Waals surface area contributed by atoms with Crippen molar-refractivity contribution in [2.45, 2.75) is 20.3 Å². The van der Waals surface area contributed by atoms with Gasteiger partial charge in [-0.2, -0.15) is 0 Å². The van der Waals surface area contributed by atoms with E-state index in [4.69, 9.17) is 4.98 Å². The summed E-state index contributed by atoms with van der Waals surface area (Å²) >= 11 is 0. The van der Waals surface area contributed by atoms with Gasteiger partial charge in [0.15, 0.2) is 0 Å². The van der Waals surface area contributed by atoms with Gasteiger partial charge >= 0.3 is 0 Å². The molecule has 1 saturated heterocycles. The molecule has 0 aliphatic carbocycles. The molecule has 0 unspecified atom stereocenters. The third-order valence-corrected chi connectivity index (χ3v) is 4.82. The van der Waals surface area contributed by atoms with Crippen molar-refractivity contribution in [3.63, 3.8) is 0 Å². The molecule has 3 aromatic rings. The molecule has 0 radical (unpaired) electrons. The number of pyridine rings is 1. The van der Waals surface area contributed by atoms with Gasteiger partial charge in [-0.05, 0) is 31.5 Å². The zero-order valence-electron chi connectivity index (χ0n) is 14.8. The van der Waals surface area contributed by atoms with Crippen LogP contribution in [0.2, 0.25) is 0 Å². The van der Waals surface area contributed by atoms with Crippen molar-refractivity contribution < 1.29 is 0 Å². The minimum Gasteiger partial charge on any atom is -0.367 e. The monoisotopic (exact) mass is 333 g/mol. The average molecular weight is 333 g/mol. The summed E-state index contributed by atoms with van der Waals surface area (Å²) in [5, 5.41) is 1.24. The number of rotatable bonds is 3. The third kappa shape index (κ3) is 3.14. The summed E-state index contributed by atoms with van der Waals surface area (Å²) in [5.41, 5.74) is 3.55. The van der Waals surface area contributed by atoms with Crippen LogP contribution < -0.4 is 9.80 Å². The molecule has 0 N–H and O–H groups in total. The van der Waals surface area contributed by atoms with Crippen LogP contribution in [-0.2, 0) is 6.42 Å². The lowest BCUT2D eigenvalue weighted by atomic mass is 10.1. The molecule has 1 aromatic carbocycles. The van der Waals surface area contributed by atoms with E-state index in [2.05, 4.69) is 57.0 Å². The Kier molecular flexibility index (Phi) is 4.22. The van der Waals surface area contributed by atoms with Crippen molar-refractivity contribution in [2.24, 2.45) is 0 Å². The SMILES string of the molecule is CCc1cc(N2CCN(c3ccnc(C)n3)CC2)c2ccccc2n1. The highest BCUT2D eigenvalue weighted by Gasteiger charge is 2.20. The van der Waals surface area contributed by atoms with Crippen LogP contribution in [-0.4, -0.2) is 41.1 Å². The number of aromatic nitrogens is 3. The Labute approximate surface area is 148 Å². The van der Waals surface area contributed by atoms with Crippen molar-refractivity contribution >= 4 is 22.4 Å². The molecule has 1 aliphatic heterocycles. The third-order valence-electron chi connectivity index (χ3n) is 4.82. The predicted molar refractivity (Wildman–Crippen MR) is 102 cm³/mol. The van der Waals surface area contributed by atoms with Crippen molar-refractivity contribution in [2.75, 3.05) is 36.0 Å². The fourth-order valence-electron chi connectivity index (χ4n) is 3.45. The van der Waals surface area contributed by atoms with Gasteiger partial charge in [0.1, 0.15) is 11.6 Å². The van der Waals surface area contributed by atoms with Crippen LogP contribution in [0.3, 0.4) is 0 Å². The predicted octanol–water partition coefficient (Wildman–Crippen LogP) is 3.22. The van der Waals surface area contributed by atoms with Crippen LogP contribution >= 0.6 is 0 Å². The molecular weight excluding hydrogens is 310 g/mol. The van der Waals surface area contributed by atoms with Crippen LogP contribution in [0, 0.1) is 6.92 Å². The molecule has 3 heterocycles. The first-order valence-corrected chi connectivity index (χ1v) is 8.93. The zero-order valence-corrected chi connectivity index (χ0v) is 14.8. The molecule has 1 aliphatic rings. The van der Waals surface area contributed by atoms with Gasteiger partial charge in [-0.3, -0.25) is 4.98 Å². The van der Waals surface area contributed by atoms with Crippen LogP contribution in [0.25, 0.3) is 10.9 Å². The Morgan fingerprint density at radius 2 is 1.72 bits per heavy atom. The molecule has 128 valence electrons. The second-order valence-corrected chi connectivity index (χ2v) is 6.44. The Morgan fingerprint density at radius 1 is 0.960 bits per heavy atom. The highest BCUT2D eigenvalue weighted by atomic mass is 15.3. The molecule has 25 heavy (non-hydrogen) atoms. The number of benzene rings is 1. The molecule has 0 amide bonds. The number of para-hydroxylation sites is 1. The highest BCUT2D eigenvalue weighted by Crippen LogP contribution is 2.28. The van der Waals surface area contributed by atoms with E-state index in [1.54, 1.807) is 0 Å². The molecule has 0 saturated carbocycles. The van der Waals surface area contributed by atoms with Gasteiger partial charge in [0.2, 0.25) is 0 Å². The van der Waals surface area contributed by atoms with Crippen LogP contribution in [0.15, 0.2) is 42.6 Å². The molecular formula is C20H23N5. The summed E-state index contributed by atoms with van der Waals surface area (Å²) in [5.74, 6) is 1.86. The summed E-state index contributed by atoms with van der Waals surface area (Å²) in [6.07, 6.45) is 2.80. The zero-order chi connectivity index (χ0) is 17.2. The minimum atomic E-state index is 0.827. The largest absolute Gasteiger partial charge is 0.367 e. The lowest BCUT2D eigenvalue weighted by Crippen LogP contribution is -2.47. The fourth-order valence-corrected chi connectivity index (χ4v) is 3.45. The number of fused-ring (bicyclic) bond motifs is 1. The topological polar surface area (TPSA) is 45.2 Å². The van der Waals surface area contributed by atoms with Crippen molar-refractivity contribution in [1.29, 1.82) is 0 Å². The van der Waals surface area contributed by atoms with Crippen molar-refractivity contribution in [1.82, 2.24) is 15.0 Å². The van der Waals surface area contributed by atoms with Crippen molar-refractivity contribution in [3.8, 4) is 0 Å². The van der Waals surface area contributed by atoms with E-state index < -0.39 is 0 Å². The van der Waals surface area contributed by atoms with Crippen LogP contribution in [0.4, 0.5) is 11.5 Å². The van der Waals surface area contributed by atoms with Gasteiger partial charge in [-0.25, -0.2) is 9.97 Å². The van der Waals surface area contributed by atoms with Gasteiger partial charge in [-0.15, -0.1) is 0 Å². The molecule has 0 atom stereocenters. The number of anilines is 2. The van der Waals surface area contributed by atoms with E-state index in [0.717, 1.165) is 55.5 Å². The maximum Gasteiger partial charge on any atom is 0.132 e. The Morgan fingerprint density at radius 3 is 2.48 bits per heavy atom. The first-order valence-electron chi connectivity index (χ1n) is 8.93. The number of piperazine rings is 1. The van der Waals surface area contributed by atoms with Crippen LogP contribution in [0.1, 0.15) is 18.4 Å². The standard InChI is InChI=1S/C20H23N5/c1-3-16-14-19(17-6-4-5-7-18(17)23-16)24-10-12-25(13-11-24)20-8-9-21-15(2)22-20/h4-9,14H,3,10-13H2,1-2H3. The molecule has 2 aromatic heterocycles. The first kappa shape index (κ1) is 15.8. The normalized spacial score (nSPS) is 15.0. The van der Waals surface area contributed by atoms with Crippen molar-refractivity contribution in [3.05, 3.63) is 54.1 Å². The van der Waals surface area contributed by atoms with E-state index in [1.165, 1.54) is 11.1 Å². The van der Waals surface area contributed by atoms with Gasteiger partial charge in [0.05, 0.1) is 5.52 Å². The molecule has 1 fully saturated rings. The Bertz CT molecular complexity index is 884. The minimum absolute atomic E-state index is 0.827. The molecule has 0 spiro atoms.